The molecule has 2 N–H and O–H groups in total. The first kappa shape index (κ1) is 14.5. The summed E-state index contributed by atoms with van der Waals surface area (Å²) >= 11 is 0. The molecule has 0 spiro atoms. The van der Waals surface area contributed by atoms with E-state index in [-0.39, 0.29) is 17.9 Å². The molecule has 0 bridgehead atoms. The highest BCUT2D eigenvalue weighted by Crippen LogP contribution is 2.45. The fourth-order valence-corrected chi connectivity index (χ4v) is 2.27. The van der Waals surface area contributed by atoms with E-state index in [1.807, 2.05) is 20.8 Å². The first-order chi connectivity index (χ1) is 8.30. The highest BCUT2D eigenvalue weighted by atomic mass is 16.2. The summed E-state index contributed by atoms with van der Waals surface area (Å²) in [6, 6.07) is 1.51. The van der Waals surface area contributed by atoms with Crippen LogP contribution in [0, 0.1) is 22.7 Å². The summed E-state index contributed by atoms with van der Waals surface area (Å²) in [6.45, 7) is 7.36. The molecule has 1 saturated carbocycles. The molecule has 100 valence electrons. The zero-order valence-corrected chi connectivity index (χ0v) is 11.4. The van der Waals surface area contributed by atoms with E-state index in [0.717, 1.165) is 0 Å². The molecule has 0 aliphatic heterocycles. The van der Waals surface area contributed by atoms with Crippen LogP contribution in [-0.2, 0) is 9.59 Å². The topological polar surface area (TPSA) is 82.0 Å². The van der Waals surface area contributed by atoms with Gasteiger partial charge in [-0.15, -0.1) is 0 Å². The number of hydrogen-bond acceptors (Lipinski definition) is 3. The Morgan fingerprint density at radius 2 is 1.83 bits per heavy atom. The molecule has 1 atom stereocenters. The van der Waals surface area contributed by atoms with Crippen LogP contribution >= 0.6 is 0 Å². The number of amides is 2. The van der Waals surface area contributed by atoms with E-state index in [0.29, 0.717) is 18.8 Å². The van der Waals surface area contributed by atoms with Gasteiger partial charge in [-0.3, -0.25) is 9.59 Å². The lowest BCUT2D eigenvalue weighted by molar-refractivity contribution is -0.137. The Hall–Kier alpha value is -1.57. The van der Waals surface area contributed by atoms with Crippen LogP contribution in [0.25, 0.3) is 0 Å². The summed E-state index contributed by atoms with van der Waals surface area (Å²) in [4.78, 5) is 23.7. The summed E-state index contributed by atoms with van der Waals surface area (Å²) < 4.78 is 0. The molecule has 1 aliphatic carbocycles. The van der Waals surface area contributed by atoms with Crippen LogP contribution in [0.5, 0.6) is 0 Å². The minimum atomic E-state index is -0.925. The number of hydrogen-bond donors (Lipinski definition) is 2. The van der Waals surface area contributed by atoms with Gasteiger partial charge in [-0.1, -0.05) is 6.92 Å². The summed E-state index contributed by atoms with van der Waals surface area (Å²) in [6.07, 6.45) is 1.15. The van der Waals surface area contributed by atoms with Crippen molar-refractivity contribution in [3.8, 4) is 6.07 Å². The van der Waals surface area contributed by atoms with E-state index in [4.69, 9.17) is 5.26 Å². The second kappa shape index (κ2) is 5.38. The van der Waals surface area contributed by atoms with E-state index in [1.54, 1.807) is 6.92 Å². The smallest absolute Gasteiger partial charge is 0.242 e. The lowest BCUT2D eigenvalue weighted by Gasteiger charge is -2.39. The van der Waals surface area contributed by atoms with Gasteiger partial charge in [0.25, 0.3) is 0 Å². The zero-order valence-electron chi connectivity index (χ0n) is 11.4. The SMILES string of the molecule is CC1CC(C#N)(C(=O)NC(C)C(=O)NC(C)C)C1. The van der Waals surface area contributed by atoms with Crippen molar-refractivity contribution >= 4 is 11.8 Å². The van der Waals surface area contributed by atoms with Crippen molar-refractivity contribution in [3.63, 3.8) is 0 Å². The molecule has 1 aliphatic rings. The van der Waals surface area contributed by atoms with Crippen LogP contribution in [0.3, 0.4) is 0 Å². The molecule has 0 radical (unpaired) electrons. The minimum absolute atomic E-state index is 0.0329. The van der Waals surface area contributed by atoms with Gasteiger partial charge in [-0.25, -0.2) is 0 Å². The third kappa shape index (κ3) is 3.00. The van der Waals surface area contributed by atoms with Crippen molar-refractivity contribution in [2.45, 2.75) is 52.6 Å². The largest absolute Gasteiger partial charge is 0.352 e. The van der Waals surface area contributed by atoms with Crippen LogP contribution in [0.4, 0.5) is 0 Å². The lowest BCUT2D eigenvalue weighted by Crippen LogP contribution is -2.54. The molecule has 1 fully saturated rings. The van der Waals surface area contributed by atoms with Crippen molar-refractivity contribution in [2.24, 2.45) is 11.3 Å². The fourth-order valence-electron chi connectivity index (χ4n) is 2.27. The lowest BCUT2D eigenvalue weighted by atomic mass is 9.63. The number of nitriles is 1. The third-order valence-electron chi connectivity index (χ3n) is 3.21. The Kier molecular flexibility index (Phi) is 4.33. The molecule has 1 rings (SSSR count). The third-order valence-corrected chi connectivity index (χ3v) is 3.21. The highest BCUT2D eigenvalue weighted by molar-refractivity contribution is 5.91. The predicted octanol–water partition coefficient (Wildman–Crippen LogP) is 0.956. The van der Waals surface area contributed by atoms with Crippen LogP contribution in [-0.4, -0.2) is 23.9 Å². The predicted molar refractivity (Wildman–Crippen MR) is 67.3 cm³/mol. The Labute approximate surface area is 108 Å². The van der Waals surface area contributed by atoms with E-state index >= 15 is 0 Å². The van der Waals surface area contributed by atoms with Gasteiger partial charge in [0, 0.05) is 6.04 Å². The van der Waals surface area contributed by atoms with E-state index < -0.39 is 11.5 Å². The fraction of sp³-hybridized carbons (Fsp3) is 0.769. The van der Waals surface area contributed by atoms with E-state index in [9.17, 15) is 9.59 Å². The normalized spacial score (nSPS) is 27.9. The Morgan fingerprint density at radius 1 is 1.28 bits per heavy atom. The van der Waals surface area contributed by atoms with E-state index in [1.165, 1.54) is 0 Å². The molecule has 0 aromatic carbocycles. The van der Waals surface area contributed by atoms with Crippen LogP contribution in [0.1, 0.15) is 40.5 Å². The van der Waals surface area contributed by atoms with Gasteiger partial charge in [0.2, 0.25) is 11.8 Å². The monoisotopic (exact) mass is 251 g/mol. The summed E-state index contributed by atoms with van der Waals surface area (Å²) in [5.74, 6) is -0.150. The molecular weight excluding hydrogens is 230 g/mol. The highest BCUT2D eigenvalue weighted by Gasteiger charge is 2.49. The van der Waals surface area contributed by atoms with Gasteiger partial charge < -0.3 is 10.6 Å². The molecule has 5 heteroatoms. The van der Waals surface area contributed by atoms with Gasteiger partial charge in [-0.05, 0) is 39.5 Å². The molecule has 0 saturated heterocycles. The molecule has 5 nitrogen and oxygen atoms in total. The van der Waals surface area contributed by atoms with Crippen molar-refractivity contribution in [2.75, 3.05) is 0 Å². The van der Waals surface area contributed by atoms with Gasteiger partial charge in [0.05, 0.1) is 6.07 Å². The van der Waals surface area contributed by atoms with Crippen molar-refractivity contribution < 1.29 is 9.59 Å². The molecule has 0 aromatic heterocycles. The number of carbonyl (C=O) groups excluding carboxylic acids is 2. The number of nitrogens with one attached hydrogen (secondary N) is 2. The van der Waals surface area contributed by atoms with Crippen molar-refractivity contribution in [1.29, 1.82) is 5.26 Å². The summed E-state index contributed by atoms with van der Waals surface area (Å²) in [7, 11) is 0. The second-order valence-corrected chi connectivity index (χ2v) is 5.57. The molecule has 2 amide bonds. The summed E-state index contributed by atoms with van der Waals surface area (Å²) in [5, 5.41) is 14.5. The average molecular weight is 251 g/mol. The minimum Gasteiger partial charge on any atom is -0.352 e. The van der Waals surface area contributed by atoms with Gasteiger partial charge in [0.1, 0.15) is 11.5 Å². The van der Waals surface area contributed by atoms with Crippen LogP contribution in [0.15, 0.2) is 0 Å². The first-order valence-corrected chi connectivity index (χ1v) is 6.33. The maximum absolute atomic E-state index is 12.0. The zero-order chi connectivity index (χ0) is 13.9. The Morgan fingerprint density at radius 3 is 2.22 bits per heavy atom. The van der Waals surface area contributed by atoms with Crippen LogP contribution in [0.2, 0.25) is 0 Å². The maximum atomic E-state index is 12.0. The number of carbonyl (C=O) groups is 2. The Bertz CT molecular complexity index is 378. The van der Waals surface area contributed by atoms with Gasteiger partial charge in [-0.2, -0.15) is 5.26 Å². The Balaban J connectivity index is 2.55. The molecule has 0 heterocycles. The van der Waals surface area contributed by atoms with E-state index in [2.05, 4.69) is 16.7 Å². The quantitative estimate of drug-likeness (QED) is 0.780. The van der Waals surface area contributed by atoms with Crippen molar-refractivity contribution in [1.82, 2.24) is 10.6 Å². The van der Waals surface area contributed by atoms with Gasteiger partial charge in [0.15, 0.2) is 0 Å². The number of rotatable bonds is 4. The second-order valence-electron chi connectivity index (χ2n) is 5.57. The average Bonchev–Trinajstić information content (AvgIpc) is 2.23. The standard InChI is InChI=1S/C13H21N3O2/c1-8(2)15-11(17)10(4)16-12(18)13(7-14)5-9(3)6-13/h8-10H,5-6H2,1-4H3,(H,15,17)(H,16,18). The van der Waals surface area contributed by atoms with Crippen LogP contribution < -0.4 is 10.6 Å². The van der Waals surface area contributed by atoms with Gasteiger partial charge >= 0.3 is 0 Å². The van der Waals surface area contributed by atoms with Crippen molar-refractivity contribution in [3.05, 3.63) is 0 Å². The molecule has 1 unspecified atom stereocenters. The molecular formula is C13H21N3O2. The first-order valence-electron chi connectivity index (χ1n) is 6.33. The molecule has 0 aromatic rings. The molecule has 18 heavy (non-hydrogen) atoms. The number of nitrogens with zero attached hydrogens (tertiary/aromatic N) is 1. The summed E-state index contributed by atoms with van der Waals surface area (Å²) in [5.41, 5.74) is -0.925. The maximum Gasteiger partial charge on any atom is 0.242 e.